The Morgan fingerprint density at radius 3 is 2.55 bits per heavy atom. The Labute approximate surface area is 165 Å². The van der Waals surface area contributed by atoms with Crippen molar-refractivity contribution in [2.24, 2.45) is 0 Å². The largest absolute Gasteiger partial charge is 0.435 e. The smallest absolute Gasteiger partial charge is 0.322 e. The minimum Gasteiger partial charge on any atom is -0.322 e. The quantitative estimate of drug-likeness (QED) is 0.678. The number of carbonyl (C=O) groups is 1. The van der Waals surface area contributed by atoms with Crippen molar-refractivity contribution in [1.29, 1.82) is 0 Å². The molecule has 0 saturated carbocycles. The number of nitrogens with one attached hydrogen (secondary N) is 1. The molecule has 1 atom stereocenters. The molecule has 1 unspecified atom stereocenters. The predicted octanol–water partition coefficient (Wildman–Crippen LogP) is 3.18. The molecule has 156 valence electrons. The van der Waals surface area contributed by atoms with Crippen LogP contribution in [0.25, 0.3) is 0 Å². The predicted molar refractivity (Wildman–Crippen MR) is 99.3 cm³/mol. The molecule has 29 heavy (non-hydrogen) atoms. The zero-order valence-electron chi connectivity index (χ0n) is 16.5. The zero-order chi connectivity index (χ0) is 21.3. The van der Waals surface area contributed by atoms with Gasteiger partial charge in [-0.3, -0.25) is 18.8 Å². The first-order valence-corrected chi connectivity index (χ1v) is 9.08. The highest BCUT2D eigenvalue weighted by Gasteiger charge is 2.35. The lowest BCUT2D eigenvalue weighted by molar-refractivity contribution is -0.141. The van der Waals surface area contributed by atoms with Crippen LogP contribution < -0.4 is 5.32 Å². The summed E-state index contributed by atoms with van der Waals surface area (Å²) in [7, 11) is 0. The number of rotatable bonds is 6. The molecule has 0 bridgehead atoms. The minimum atomic E-state index is -4.56. The van der Waals surface area contributed by atoms with E-state index in [0.29, 0.717) is 12.2 Å². The number of hydrogen-bond acceptors (Lipinski definition) is 4. The molecule has 3 heterocycles. The van der Waals surface area contributed by atoms with E-state index in [1.165, 1.54) is 20.0 Å². The highest BCUT2D eigenvalue weighted by Crippen LogP contribution is 2.29. The molecule has 0 radical (unpaired) electrons. The van der Waals surface area contributed by atoms with Crippen LogP contribution in [0, 0.1) is 13.8 Å². The van der Waals surface area contributed by atoms with E-state index < -0.39 is 23.8 Å². The molecule has 0 fully saturated rings. The second-order valence-electron chi connectivity index (χ2n) is 6.78. The summed E-state index contributed by atoms with van der Waals surface area (Å²) in [6, 6.07) is 0.000124. The molecule has 11 heteroatoms. The lowest BCUT2D eigenvalue weighted by atomic mass is 10.2. The van der Waals surface area contributed by atoms with E-state index in [1.54, 1.807) is 17.1 Å². The number of halogens is 3. The van der Waals surface area contributed by atoms with E-state index in [0.717, 1.165) is 28.6 Å². The second-order valence-corrected chi connectivity index (χ2v) is 6.78. The van der Waals surface area contributed by atoms with E-state index >= 15 is 0 Å². The molecular formula is C18H22F3N7O. The third-order valence-corrected chi connectivity index (χ3v) is 4.70. The Kier molecular flexibility index (Phi) is 5.49. The highest BCUT2D eigenvalue weighted by molar-refractivity contribution is 5.93. The van der Waals surface area contributed by atoms with Gasteiger partial charge in [-0.2, -0.15) is 28.5 Å². The average molecular weight is 409 g/mol. The summed E-state index contributed by atoms with van der Waals surface area (Å²) in [6.07, 6.45) is 0.363. The minimum absolute atomic E-state index is 0.249. The Bertz CT molecular complexity index is 1020. The normalized spacial score (nSPS) is 12.9. The van der Waals surface area contributed by atoms with Crippen LogP contribution in [0.5, 0.6) is 0 Å². The second kappa shape index (κ2) is 7.72. The number of amides is 1. The number of alkyl halides is 3. The van der Waals surface area contributed by atoms with Crippen molar-refractivity contribution in [2.45, 2.75) is 53.0 Å². The van der Waals surface area contributed by atoms with E-state index in [4.69, 9.17) is 0 Å². The van der Waals surface area contributed by atoms with Gasteiger partial charge in [0.2, 0.25) is 5.91 Å². The maximum atomic E-state index is 12.8. The first kappa shape index (κ1) is 20.6. The van der Waals surface area contributed by atoms with Gasteiger partial charge in [0.15, 0.2) is 5.69 Å². The zero-order valence-corrected chi connectivity index (χ0v) is 16.5. The number of anilines is 1. The summed E-state index contributed by atoms with van der Waals surface area (Å²) in [4.78, 5) is 12.5. The summed E-state index contributed by atoms with van der Waals surface area (Å²) in [5.74, 6) is -0.487. The fraction of sp³-hybridized carbons (Fsp3) is 0.444. The van der Waals surface area contributed by atoms with Crippen LogP contribution in [-0.4, -0.2) is 35.2 Å². The van der Waals surface area contributed by atoms with Crippen molar-refractivity contribution in [3.8, 4) is 0 Å². The van der Waals surface area contributed by atoms with Gasteiger partial charge in [0, 0.05) is 29.7 Å². The van der Waals surface area contributed by atoms with Gasteiger partial charge in [-0.25, -0.2) is 0 Å². The Morgan fingerprint density at radius 1 is 1.24 bits per heavy atom. The van der Waals surface area contributed by atoms with Crippen molar-refractivity contribution in [1.82, 2.24) is 29.3 Å². The van der Waals surface area contributed by atoms with Crippen molar-refractivity contribution in [3.63, 3.8) is 0 Å². The molecule has 8 nitrogen and oxygen atoms in total. The van der Waals surface area contributed by atoms with Crippen molar-refractivity contribution >= 4 is 11.6 Å². The summed E-state index contributed by atoms with van der Waals surface area (Å²) in [5, 5.41) is 14.7. The number of hydrogen-bond donors (Lipinski definition) is 1. The Balaban J connectivity index is 1.68. The SMILES string of the molecule is CCn1ncc(Cn2cc(NC(=O)C(C)n3nc(C(F)(F)F)cc3C)cn2)c1C. The van der Waals surface area contributed by atoms with Crippen LogP contribution in [0.3, 0.4) is 0 Å². The van der Waals surface area contributed by atoms with Crippen LogP contribution in [0.2, 0.25) is 0 Å². The molecule has 0 aromatic carbocycles. The van der Waals surface area contributed by atoms with E-state index in [2.05, 4.69) is 20.6 Å². The van der Waals surface area contributed by atoms with E-state index in [1.807, 2.05) is 18.5 Å². The first-order chi connectivity index (χ1) is 13.6. The summed E-state index contributed by atoms with van der Waals surface area (Å²) in [6.45, 7) is 8.20. The third kappa shape index (κ3) is 4.33. The van der Waals surface area contributed by atoms with Gasteiger partial charge < -0.3 is 5.32 Å². The van der Waals surface area contributed by atoms with Gasteiger partial charge in [-0.05, 0) is 33.8 Å². The van der Waals surface area contributed by atoms with Gasteiger partial charge in [-0.1, -0.05) is 0 Å². The van der Waals surface area contributed by atoms with Crippen LogP contribution in [-0.2, 0) is 24.1 Å². The molecule has 1 amide bonds. The van der Waals surface area contributed by atoms with Crippen LogP contribution in [0.4, 0.5) is 18.9 Å². The molecule has 0 spiro atoms. The Morgan fingerprint density at radius 2 is 1.97 bits per heavy atom. The van der Waals surface area contributed by atoms with Gasteiger partial charge >= 0.3 is 6.18 Å². The summed E-state index contributed by atoms with van der Waals surface area (Å²) < 4.78 is 43.1. The standard InChI is InChI=1S/C18H22F3N7O/c1-5-27-12(3)14(7-23-27)9-26-10-15(8-22-26)24-17(29)13(4)28-11(2)6-16(25-28)18(19,20)21/h6-8,10,13H,5,9H2,1-4H3,(H,24,29). The van der Waals surface area contributed by atoms with Crippen LogP contribution >= 0.6 is 0 Å². The maximum absolute atomic E-state index is 12.8. The van der Waals surface area contributed by atoms with Crippen molar-refractivity contribution < 1.29 is 18.0 Å². The van der Waals surface area contributed by atoms with E-state index in [9.17, 15) is 18.0 Å². The average Bonchev–Trinajstić information content (AvgIpc) is 3.34. The molecular weight excluding hydrogens is 387 g/mol. The van der Waals surface area contributed by atoms with Gasteiger partial charge in [0.05, 0.1) is 24.6 Å². The van der Waals surface area contributed by atoms with Crippen LogP contribution in [0.1, 0.15) is 42.5 Å². The molecule has 0 saturated heterocycles. The number of aromatic nitrogens is 6. The van der Waals surface area contributed by atoms with Crippen molar-refractivity contribution in [2.75, 3.05) is 5.32 Å². The number of aryl methyl sites for hydroxylation is 2. The number of nitrogens with zero attached hydrogens (tertiary/aromatic N) is 6. The molecule has 0 aliphatic carbocycles. The summed E-state index contributed by atoms with van der Waals surface area (Å²) >= 11 is 0. The Hall–Kier alpha value is -3.11. The maximum Gasteiger partial charge on any atom is 0.435 e. The molecule has 1 N–H and O–H groups in total. The summed E-state index contributed by atoms with van der Waals surface area (Å²) in [5.41, 5.74) is 1.72. The van der Waals surface area contributed by atoms with E-state index in [-0.39, 0.29) is 5.69 Å². The molecule has 0 aliphatic rings. The van der Waals surface area contributed by atoms with Crippen LogP contribution in [0.15, 0.2) is 24.7 Å². The van der Waals surface area contributed by atoms with Gasteiger partial charge in [-0.15, -0.1) is 0 Å². The molecule has 3 aromatic heterocycles. The van der Waals surface area contributed by atoms with Gasteiger partial charge in [0.1, 0.15) is 6.04 Å². The lowest BCUT2D eigenvalue weighted by Crippen LogP contribution is -2.25. The molecule has 3 aromatic rings. The first-order valence-electron chi connectivity index (χ1n) is 9.08. The topological polar surface area (TPSA) is 82.6 Å². The molecule has 3 rings (SSSR count). The van der Waals surface area contributed by atoms with Gasteiger partial charge in [0.25, 0.3) is 0 Å². The fourth-order valence-electron chi connectivity index (χ4n) is 3.02. The molecule has 0 aliphatic heterocycles. The van der Waals surface area contributed by atoms with Crippen molar-refractivity contribution in [3.05, 3.63) is 47.3 Å². The number of carbonyl (C=O) groups excluding carboxylic acids is 1. The fourth-order valence-corrected chi connectivity index (χ4v) is 3.02. The highest BCUT2D eigenvalue weighted by atomic mass is 19.4. The third-order valence-electron chi connectivity index (χ3n) is 4.70. The monoisotopic (exact) mass is 409 g/mol. The lowest BCUT2D eigenvalue weighted by Gasteiger charge is -2.13.